The number of alkyl halides is 3. The van der Waals surface area contributed by atoms with Gasteiger partial charge in [0.05, 0.1) is 0 Å². The molecule has 6 nitrogen and oxygen atoms in total. The predicted molar refractivity (Wildman–Crippen MR) is 69.1 cm³/mol. The van der Waals surface area contributed by atoms with Gasteiger partial charge < -0.3 is 20.9 Å². The number of halogens is 3. The molecular formula is C9H15Cl3N2O4. The summed E-state index contributed by atoms with van der Waals surface area (Å²) < 4.78 is 4.61. The van der Waals surface area contributed by atoms with Gasteiger partial charge in [0, 0.05) is 6.54 Å². The molecule has 0 aromatic rings. The number of nitrogens with two attached hydrogens (primary N) is 1. The fourth-order valence-electron chi connectivity index (χ4n) is 0.999. The Morgan fingerprint density at radius 3 is 2.39 bits per heavy atom. The van der Waals surface area contributed by atoms with E-state index in [1.54, 1.807) is 0 Å². The molecule has 1 unspecified atom stereocenters. The van der Waals surface area contributed by atoms with Crippen LogP contribution in [0.4, 0.5) is 4.79 Å². The number of aliphatic carboxylic acids is 1. The smallest absolute Gasteiger partial charge is 0.408 e. The van der Waals surface area contributed by atoms with Gasteiger partial charge in [0.2, 0.25) is 5.56 Å². The molecule has 0 aromatic carbocycles. The van der Waals surface area contributed by atoms with Crippen LogP contribution < -0.4 is 11.1 Å². The summed E-state index contributed by atoms with van der Waals surface area (Å²) in [4.78, 5) is 20.5. The lowest BCUT2D eigenvalue weighted by Crippen LogP contribution is -2.31. The van der Waals surface area contributed by atoms with E-state index >= 15 is 0 Å². The molecule has 0 fully saturated rings. The van der Waals surface area contributed by atoms with Crippen LogP contribution in [0, 0.1) is 0 Å². The number of carbonyl (C=O) groups is 2. The van der Waals surface area contributed by atoms with Crippen LogP contribution >= 0.6 is 34.8 Å². The fourth-order valence-corrected chi connectivity index (χ4v) is 1.18. The van der Waals surface area contributed by atoms with Crippen LogP contribution in [0.5, 0.6) is 0 Å². The molecule has 0 saturated heterocycles. The van der Waals surface area contributed by atoms with E-state index in [-0.39, 0.29) is 0 Å². The summed E-state index contributed by atoms with van der Waals surface area (Å²) in [5.74, 6) is -1.04. The standard InChI is InChI=1S/C9H15Cl3N2O4/c10-6(11)7(12)18-9(17)14-4-2-1-3-5(13)8(15)16/h5-7H,1-4,13H2,(H,14,17)(H,15,16)/t5-,7?/m0/s1. The van der Waals surface area contributed by atoms with Crippen molar-refractivity contribution in [2.24, 2.45) is 5.73 Å². The van der Waals surface area contributed by atoms with Crippen LogP contribution in [-0.4, -0.2) is 40.2 Å². The van der Waals surface area contributed by atoms with Gasteiger partial charge in [0.15, 0.2) is 4.84 Å². The van der Waals surface area contributed by atoms with Crippen molar-refractivity contribution in [1.29, 1.82) is 0 Å². The lowest BCUT2D eigenvalue weighted by atomic mass is 10.1. The Balaban J connectivity index is 3.55. The minimum absolute atomic E-state index is 0.323. The highest BCUT2D eigenvalue weighted by Gasteiger charge is 2.18. The second-order valence-electron chi connectivity index (χ2n) is 3.46. The first kappa shape index (κ1) is 17.6. The monoisotopic (exact) mass is 320 g/mol. The highest BCUT2D eigenvalue weighted by atomic mass is 35.5. The van der Waals surface area contributed by atoms with E-state index in [0.29, 0.717) is 25.8 Å². The highest BCUT2D eigenvalue weighted by Crippen LogP contribution is 2.15. The minimum Gasteiger partial charge on any atom is -0.480 e. The number of ether oxygens (including phenoxy) is 1. The number of hydrogen-bond acceptors (Lipinski definition) is 4. The molecule has 4 N–H and O–H groups in total. The van der Waals surface area contributed by atoms with Crippen molar-refractivity contribution in [2.75, 3.05) is 6.54 Å². The Morgan fingerprint density at radius 1 is 1.28 bits per heavy atom. The largest absolute Gasteiger partial charge is 0.480 e. The zero-order valence-electron chi connectivity index (χ0n) is 9.44. The molecule has 2 atom stereocenters. The molecule has 0 radical (unpaired) electrons. The number of hydrogen-bond donors (Lipinski definition) is 3. The normalized spacial score (nSPS) is 14.1. The van der Waals surface area contributed by atoms with E-state index in [0.717, 1.165) is 0 Å². The van der Waals surface area contributed by atoms with Crippen molar-refractivity contribution in [3.05, 3.63) is 0 Å². The first-order valence-corrected chi connectivity index (χ1v) is 6.50. The molecule has 0 aromatic heterocycles. The molecule has 0 aliphatic carbocycles. The minimum atomic E-state index is -1.12. The maximum atomic E-state index is 11.1. The van der Waals surface area contributed by atoms with Gasteiger partial charge in [0.1, 0.15) is 6.04 Å². The average molecular weight is 322 g/mol. The number of carboxylic acids is 1. The van der Waals surface area contributed by atoms with Gasteiger partial charge in [0.25, 0.3) is 0 Å². The number of alkyl carbamates (subject to hydrolysis) is 1. The van der Waals surface area contributed by atoms with Crippen LogP contribution in [0.15, 0.2) is 0 Å². The molecule has 1 amide bonds. The van der Waals surface area contributed by atoms with Crippen LogP contribution in [-0.2, 0) is 9.53 Å². The van der Waals surface area contributed by atoms with Gasteiger partial charge >= 0.3 is 12.1 Å². The van der Waals surface area contributed by atoms with Crippen LogP contribution in [0.1, 0.15) is 19.3 Å². The van der Waals surface area contributed by atoms with Crippen molar-refractivity contribution in [2.45, 2.75) is 35.7 Å². The number of rotatable bonds is 8. The predicted octanol–water partition coefficient (Wildman–Crippen LogP) is 1.66. The average Bonchev–Trinajstić information content (AvgIpc) is 2.27. The van der Waals surface area contributed by atoms with Gasteiger partial charge in [-0.3, -0.25) is 4.79 Å². The summed E-state index contributed by atoms with van der Waals surface area (Å²) in [7, 11) is 0. The third kappa shape index (κ3) is 8.63. The van der Waals surface area contributed by atoms with Crippen LogP contribution in [0.2, 0.25) is 0 Å². The Hall–Kier alpha value is -0.430. The van der Waals surface area contributed by atoms with Crippen molar-refractivity contribution in [3.63, 3.8) is 0 Å². The number of carbonyl (C=O) groups excluding carboxylic acids is 1. The van der Waals surface area contributed by atoms with Gasteiger partial charge in [-0.15, -0.1) is 0 Å². The molecule has 0 spiro atoms. The van der Waals surface area contributed by atoms with Crippen molar-refractivity contribution in [1.82, 2.24) is 5.32 Å². The first-order valence-electron chi connectivity index (χ1n) is 5.19. The maximum Gasteiger partial charge on any atom is 0.408 e. The number of amides is 1. The Bertz CT molecular complexity index is 279. The second-order valence-corrected chi connectivity index (χ2v) is 5.05. The molecule has 0 heterocycles. The molecule has 106 valence electrons. The van der Waals surface area contributed by atoms with E-state index in [1.165, 1.54) is 0 Å². The summed E-state index contributed by atoms with van der Waals surface area (Å²) in [5.41, 5.74) is 4.18. The summed E-state index contributed by atoms with van der Waals surface area (Å²) in [6.07, 6.45) is 0.763. The molecule has 0 rings (SSSR count). The van der Waals surface area contributed by atoms with Crippen molar-refractivity contribution < 1.29 is 19.4 Å². The molecule has 9 heteroatoms. The third-order valence-corrected chi connectivity index (χ3v) is 3.00. The molecule has 0 bridgehead atoms. The Labute approximate surface area is 120 Å². The molecule has 0 saturated carbocycles. The van der Waals surface area contributed by atoms with Crippen LogP contribution in [0.3, 0.4) is 0 Å². The molecule has 0 aliphatic heterocycles. The summed E-state index contributed by atoms with van der Waals surface area (Å²) in [6.45, 7) is 0.323. The second kappa shape index (κ2) is 9.49. The molecular weight excluding hydrogens is 306 g/mol. The van der Waals surface area contributed by atoms with Gasteiger partial charge in [-0.1, -0.05) is 34.8 Å². The summed E-state index contributed by atoms with van der Waals surface area (Å²) in [6, 6.07) is -0.877. The number of unbranched alkanes of at least 4 members (excludes halogenated alkanes) is 1. The van der Waals surface area contributed by atoms with Gasteiger partial charge in [-0.2, -0.15) is 0 Å². The van der Waals surface area contributed by atoms with Crippen molar-refractivity contribution >= 4 is 46.9 Å². The first-order chi connectivity index (χ1) is 8.34. The van der Waals surface area contributed by atoms with E-state index in [4.69, 9.17) is 45.6 Å². The van der Waals surface area contributed by atoms with Gasteiger partial charge in [-0.25, -0.2) is 4.79 Å². The van der Waals surface area contributed by atoms with Crippen molar-refractivity contribution in [3.8, 4) is 0 Å². The van der Waals surface area contributed by atoms with E-state index in [9.17, 15) is 9.59 Å². The summed E-state index contributed by atoms with van der Waals surface area (Å²) in [5, 5.41) is 10.9. The lowest BCUT2D eigenvalue weighted by molar-refractivity contribution is -0.138. The van der Waals surface area contributed by atoms with Crippen LogP contribution in [0.25, 0.3) is 0 Å². The number of nitrogens with one attached hydrogen (secondary N) is 1. The maximum absolute atomic E-state index is 11.1. The summed E-state index contributed by atoms with van der Waals surface area (Å²) >= 11 is 16.3. The number of carboxylic acid groups (broad SMARTS) is 1. The van der Waals surface area contributed by atoms with E-state index in [2.05, 4.69) is 10.1 Å². The quantitative estimate of drug-likeness (QED) is 0.466. The van der Waals surface area contributed by atoms with Gasteiger partial charge in [-0.05, 0) is 19.3 Å². The third-order valence-electron chi connectivity index (χ3n) is 1.95. The molecule has 18 heavy (non-hydrogen) atoms. The SMILES string of the molecule is N[C@@H](CCCCNC(=O)OC(Cl)C(Cl)Cl)C(=O)O. The topological polar surface area (TPSA) is 102 Å². The Morgan fingerprint density at radius 2 is 1.89 bits per heavy atom. The fraction of sp³-hybridized carbons (Fsp3) is 0.778. The Kier molecular flexibility index (Phi) is 9.27. The molecule has 0 aliphatic rings. The highest BCUT2D eigenvalue weighted by molar-refractivity contribution is 6.48. The zero-order valence-corrected chi connectivity index (χ0v) is 11.7. The lowest BCUT2D eigenvalue weighted by Gasteiger charge is -2.12. The van der Waals surface area contributed by atoms with E-state index in [1.807, 2.05) is 0 Å². The van der Waals surface area contributed by atoms with E-state index < -0.39 is 28.5 Å². The zero-order chi connectivity index (χ0) is 14.1.